The Bertz CT molecular complexity index is 1310. The maximum Gasteiger partial charge on any atom is 0.261 e. The minimum atomic E-state index is -2.80. The van der Waals surface area contributed by atoms with Crippen molar-refractivity contribution in [2.45, 2.75) is 50.7 Å². The number of alkyl halides is 1. The molecule has 36 heavy (non-hydrogen) atoms. The van der Waals surface area contributed by atoms with Crippen molar-refractivity contribution < 1.29 is 13.6 Å². The van der Waals surface area contributed by atoms with Gasteiger partial charge in [0.1, 0.15) is 29.3 Å². The number of halogens is 2. The first kappa shape index (κ1) is 24.9. The Labute approximate surface area is 216 Å². The van der Waals surface area contributed by atoms with E-state index in [1.807, 2.05) is 36.4 Å². The van der Waals surface area contributed by atoms with Gasteiger partial charge in [0.15, 0.2) is 0 Å². The topological polar surface area (TPSA) is 75.2 Å². The highest BCUT2D eigenvalue weighted by Crippen LogP contribution is 2.39. The highest BCUT2D eigenvalue weighted by atomic mass is 35.5. The molecule has 0 saturated carbocycles. The summed E-state index contributed by atoms with van der Waals surface area (Å²) in [6, 6.07) is 22.4. The van der Waals surface area contributed by atoms with Crippen molar-refractivity contribution in [2.75, 3.05) is 12.3 Å². The maximum atomic E-state index is 15.4. The number of aromatic nitrogens is 3. The number of hydrogen-bond donors (Lipinski definition) is 1. The summed E-state index contributed by atoms with van der Waals surface area (Å²) in [5.41, 5.74) is 6.33. The zero-order valence-corrected chi connectivity index (χ0v) is 22.3. The number of anilines is 1. The van der Waals surface area contributed by atoms with Gasteiger partial charge in [-0.05, 0) is 21.5 Å². The van der Waals surface area contributed by atoms with E-state index in [4.69, 9.17) is 26.5 Å². The molecule has 1 aliphatic heterocycles. The summed E-state index contributed by atoms with van der Waals surface area (Å²) < 4.78 is 30.3. The molecule has 1 fully saturated rings. The molecule has 0 aliphatic carbocycles. The van der Waals surface area contributed by atoms with Crippen molar-refractivity contribution in [3.8, 4) is 0 Å². The second-order valence-electron chi connectivity index (χ2n) is 10.2. The normalized spacial score (nSPS) is 20.8. The van der Waals surface area contributed by atoms with Gasteiger partial charge in [0, 0.05) is 12.6 Å². The van der Waals surface area contributed by atoms with E-state index in [0.29, 0.717) is 11.0 Å². The number of nitrogens with zero attached hydrogens (tertiary/aromatic N) is 3. The van der Waals surface area contributed by atoms with Gasteiger partial charge in [-0.15, -0.1) is 0 Å². The van der Waals surface area contributed by atoms with Gasteiger partial charge >= 0.3 is 0 Å². The first-order valence-electron chi connectivity index (χ1n) is 12.0. The third-order valence-electron chi connectivity index (χ3n) is 6.90. The minimum Gasteiger partial charge on any atom is -0.405 e. The molecule has 9 heteroatoms. The van der Waals surface area contributed by atoms with Crippen molar-refractivity contribution in [2.24, 2.45) is 0 Å². The molecule has 3 atom stereocenters. The van der Waals surface area contributed by atoms with E-state index >= 15 is 4.39 Å². The molecule has 0 spiro atoms. The molecule has 6 nitrogen and oxygen atoms in total. The number of nitrogen functional groups attached to an aromatic ring is 1. The first-order valence-corrected chi connectivity index (χ1v) is 14.3. The monoisotopic (exact) mass is 524 g/mol. The van der Waals surface area contributed by atoms with Gasteiger partial charge in [0.2, 0.25) is 5.95 Å². The summed E-state index contributed by atoms with van der Waals surface area (Å²) in [6.07, 6.45) is -0.493. The summed E-state index contributed by atoms with van der Waals surface area (Å²) >= 11 is 6.22. The summed E-state index contributed by atoms with van der Waals surface area (Å²) in [5.74, 6) is 0.0637. The Morgan fingerprint density at radius 3 is 2.25 bits per heavy atom. The molecule has 0 unspecified atom stereocenters. The lowest BCUT2D eigenvalue weighted by atomic mass is 10.2. The molecule has 1 aliphatic rings. The average molecular weight is 525 g/mol. The van der Waals surface area contributed by atoms with Crippen molar-refractivity contribution in [3.63, 3.8) is 0 Å². The van der Waals surface area contributed by atoms with Gasteiger partial charge in [-0.3, -0.25) is 0 Å². The third-order valence-corrected chi connectivity index (χ3v) is 12.2. The fourth-order valence-electron chi connectivity index (χ4n) is 5.22. The zero-order valence-electron chi connectivity index (χ0n) is 20.6. The summed E-state index contributed by atoms with van der Waals surface area (Å²) in [5, 5.41) is 3.00. The summed E-state index contributed by atoms with van der Waals surface area (Å²) in [6.45, 7) is 6.74. The van der Waals surface area contributed by atoms with Crippen LogP contribution in [-0.2, 0) is 9.16 Å². The van der Waals surface area contributed by atoms with Gasteiger partial charge in [0.05, 0.1) is 12.0 Å². The molecule has 0 amide bonds. The van der Waals surface area contributed by atoms with Gasteiger partial charge in [-0.2, -0.15) is 4.98 Å². The third kappa shape index (κ3) is 4.32. The van der Waals surface area contributed by atoms with E-state index in [1.54, 1.807) is 16.8 Å². The van der Waals surface area contributed by atoms with Gasteiger partial charge in [0.25, 0.3) is 8.32 Å². The van der Waals surface area contributed by atoms with E-state index in [1.165, 1.54) is 0 Å². The van der Waals surface area contributed by atoms with Crippen molar-refractivity contribution in [3.05, 3.63) is 78.1 Å². The largest absolute Gasteiger partial charge is 0.405 e. The maximum absolute atomic E-state index is 15.4. The molecule has 0 radical (unpaired) electrons. The van der Waals surface area contributed by atoms with E-state index in [9.17, 15) is 0 Å². The van der Waals surface area contributed by atoms with E-state index in [-0.39, 0.29) is 29.2 Å². The molecular formula is C27H30ClFN4O2Si. The van der Waals surface area contributed by atoms with Crippen LogP contribution in [-0.4, -0.2) is 41.7 Å². The van der Waals surface area contributed by atoms with Crippen molar-refractivity contribution >= 4 is 47.3 Å². The molecule has 2 aromatic carbocycles. The molecule has 2 aromatic heterocycles. The van der Waals surface area contributed by atoms with Crippen LogP contribution in [0.3, 0.4) is 0 Å². The Kier molecular flexibility index (Phi) is 6.63. The van der Waals surface area contributed by atoms with Crippen LogP contribution < -0.4 is 16.1 Å². The van der Waals surface area contributed by atoms with E-state index < -0.39 is 26.8 Å². The van der Waals surface area contributed by atoms with Gasteiger partial charge in [-0.25, -0.2) is 9.37 Å². The fourth-order valence-corrected chi connectivity index (χ4v) is 10.0. The number of hydrogen-bond acceptors (Lipinski definition) is 5. The number of fused-ring (bicyclic) bond motifs is 1. The van der Waals surface area contributed by atoms with Crippen LogP contribution in [0.25, 0.3) is 11.0 Å². The number of rotatable bonds is 6. The second-order valence-corrected chi connectivity index (χ2v) is 14.9. The molecular weight excluding hydrogens is 495 g/mol. The van der Waals surface area contributed by atoms with Crippen LogP contribution in [0, 0.1) is 0 Å². The Morgan fingerprint density at radius 2 is 1.67 bits per heavy atom. The van der Waals surface area contributed by atoms with Crippen LogP contribution in [0.5, 0.6) is 0 Å². The lowest BCUT2D eigenvalue weighted by Gasteiger charge is -2.43. The number of benzene rings is 2. The minimum absolute atomic E-state index is 0.0637. The van der Waals surface area contributed by atoms with E-state index in [2.05, 4.69) is 55.0 Å². The second kappa shape index (κ2) is 9.59. The van der Waals surface area contributed by atoms with Gasteiger partial charge < -0.3 is 19.5 Å². The lowest BCUT2D eigenvalue weighted by molar-refractivity contribution is -0.0287. The Morgan fingerprint density at radius 1 is 1.06 bits per heavy atom. The first-order chi connectivity index (χ1) is 17.2. The SMILES string of the molecule is CC(C)(C)[Si](OC[C@H]1O[C@@H](n2ccc3c(Cl)nc(N)nc32)C[C@@H]1F)(c1ccccc1)c1ccccc1. The van der Waals surface area contributed by atoms with Crippen molar-refractivity contribution in [1.29, 1.82) is 0 Å². The highest BCUT2D eigenvalue weighted by Gasteiger charge is 2.51. The summed E-state index contributed by atoms with van der Waals surface area (Å²) in [4.78, 5) is 8.30. The predicted molar refractivity (Wildman–Crippen MR) is 144 cm³/mol. The molecule has 4 aromatic rings. The number of ether oxygens (including phenoxy) is 1. The smallest absolute Gasteiger partial charge is 0.261 e. The fraction of sp³-hybridized carbons (Fsp3) is 0.333. The van der Waals surface area contributed by atoms with Crippen LogP contribution >= 0.6 is 11.6 Å². The lowest BCUT2D eigenvalue weighted by Crippen LogP contribution is -2.67. The predicted octanol–water partition coefficient (Wildman–Crippen LogP) is 4.87. The van der Waals surface area contributed by atoms with E-state index in [0.717, 1.165) is 10.4 Å². The van der Waals surface area contributed by atoms with Crippen LogP contribution in [0.2, 0.25) is 10.2 Å². The molecule has 0 bridgehead atoms. The van der Waals surface area contributed by atoms with Crippen molar-refractivity contribution in [1.82, 2.24) is 14.5 Å². The van der Waals surface area contributed by atoms with Crippen LogP contribution in [0.1, 0.15) is 33.4 Å². The average Bonchev–Trinajstić information content (AvgIpc) is 3.43. The Balaban J connectivity index is 1.45. The van der Waals surface area contributed by atoms with Crippen LogP contribution in [0.15, 0.2) is 72.9 Å². The Hall–Kier alpha value is -2.78. The zero-order chi connectivity index (χ0) is 25.5. The molecule has 2 N–H and O–H groups in total. The van der Waals surface area contributed by atoms with Gasteiger partial charge in [-0.1, -0.05) is 93.0 Å². The highest BCUT2D eigenvalue weighted by molar-refractivity contribution is 6.99. The number of nitrogens with two attached hydrogens (primary N) is 1. The quantitative estimate of drug-likeness (QED) is 0.288. The molecule has 1 saturated heterocycles. The standard InChI is InChI=1S/C27H30ClFN4O2Si/c1-27(2,3)36(18-10-6-4-7-11-18,19-12-8-5-9-13-19)34-17-22-21(29)16-23(35-22)33-15-14-20-24(28)31-26(30)32-25(20)33/h4-15,21-23H,16-17H2,1-3H3,(H2,30,31,32)/t21-,22+,23+/m0/s1. The molecule has 3 heterocycles. The molecule has 188 valence electrons. The van der Waals surface area contributed by atoms with Crippen LogP contribution in [0.4, 0.5) is 10.3 Å². The molecule has 5 rings (SSSR count). The summed E-state index contributed by atoms with van der Waals surface area (Å²) in [7, 11) is -2.80.